The lowest BCUT2D eigenvalue weighted by atomic mass is 10.0. The van der Waals surface area contributed by atoms with Crippen molar-refractivity contribution in [3.05, 3.63) is 90.0 Å². The minimum absolute atomic E-state index is 0.214. The molecule has 5 heteroatoms. The van der Waals surface area contributed by atoms with Gasteiger partial charge in [0.25, 0.3) is 11.7 Å². The van der Waals surface area contributed by atoms with E-state index in [1.807, 2.05) is 97.4 Å². The summed E-state index contributed by atoms with van der Waals surface area (Å²) in [5, 5.41) is 3.53. The van der Waals surface area contributed by atoms with Crippen LogP contribution in [0.25, 0.3) is 22.2 Å². The smallest absolute Gasteiger partial charge is 0.292 e. The Morgan fingerprint density at radius 2 is 1.58 bits per heavy atom. The number of para-hydroxylation sites is 2. The molecule has 0 bridgehead atoms. The summed E-state index contributed by atoms with van der Waals surface area (Å²) in [6, 6.07) is 24.8. The number of amides is 1. The Morgan fingerprint density at radius 1 is 0.903 bits per heavy atom. The van der Waals surface area contributed by atoms with Crippen LogP contribution >= 0.6 is 0 Å². The van der Waals surface area contributed by atoms with Gasteiger partial charge in [0.05, 0.1) is 17.9 Å². The molecule has 1 N–H and O–H groups in total. The zero-order valence-corrected chi connectivity index (χ0v) is 17.6. The van der Waals surface area contributed by atoms with Crippen LogP contribution in [0.4, 0.5) is 0 Å². The molecule has 0 spiro atoms. The molecule has 1 heterocycles. The first-order valence-corrected chi connectivity index (χ1v) is 10.3. The number of Topliss-reactive ketones (excluding diaryl/α,β-unsaturated/α-hetero) is 1. The number of aromatic nitrogens is 1. The van der Waals surface area contributed by atoms with Crippen LogP contribution in [0.5, 0.6) is 5.75 Å². The van der Waals surface area contributed by atoms with E-state index in [2.05, 4.69) is 5.32 Å². The lowest BCUT2D eigenvalue weighted by Gasteiger charge is -2.11. The summed E-state index contributed by atoms with van der Waals surface area (Å²) in [7, 11) is 1.91. The fourth-order valence-corrected chi connectivity index (χ4v) is 3.87. The number of aryl methyl sites for hydroxylation is 1. The maximum Gasteiger partial charge on any atom is 0.292 e. The molecule has 0 saturated heterocycles. The standard InChI is InChI=1S/C26H24N2O3/c1-3-31-22-16-10-7-13-19(22)17-27-26(30)25(29)23-20-14-8-9-15-21(20)28(2)24(23)18-11-5-4-6-12-18/h4-16H,3,17H2,1-2H3,(H,27,30). The Hall–Kier alpha value is -3.86. The van der Waals surface area contributed by atoms with E-state index in [1.54, 1.807) is 0 Å². The van der Waals surface area contributed by atoms with Crippen molar-refractivity contribution in [3.63, 3.8) is 0 Å². The summed E-state index contributed by atoms with van der Waals surface area (Å²) in [6.45, 7) is 2.65. The van der Waals surface area contributed by atoms with Crippen LogP contribution in [0.1, 0.15) is 22.8 Å². The van der Waals surface area contributed by atoms with Gasteiger partial charge >= 0.3 is 0 Å². The molecule has 1 aromatic heterocycles. The van der Waals surface area contributed by atoms with Gasteiger partial charge in [-0.1, -0.05) is 66.7 Å². The second-order valence-electron chi connectivity index (χ2n) is 7.22. The van der Waals surface area contributed by atoms with E-state index in [9.17, 15) is 9.59 Å². The number of ketones is 1. The fraction of sp³-hybridized carbons (Fsp3) is 0.154. The van der Waals surface area contributed by atoms with Crippen molar-refractivity contribution in [2.45, 2.75) is 13.5 Å². The summed E-state index contributed by atoms with van der Waals surface area (Å²) in [6.07, 6.45) is 0. The molecule has 0 aliphatic carbocycles. The number of fused-ring (bicyclic) bond motifs is 1. The summed E-state index contributed by atoms with van der Waals surface area (Å²) in [5.74, 6) is -0.489. The minimum Gasteiger partial charge on any atom is -0.494 e. The second-order valence-corrected chi connectivity index (χ2v) is 7.22. The van der Waals surface area contributed by atoms with Gasteiger partial charge in [-0.2, -0.15) is 0 Å². The molecule has 1 amide bonds. The number of nitrogens with zero attached hydrogens (tertiary/aromatic N) is 1. The lowest BCUT2D eigenvalue weighted by Crippen LogP contribution is -2.31. The van der Waals surface area contributed by atoms with Gasteiger partial charge in [0, 0.05) is 30.1 Å². The van der Waals surface area contributed by atoms with Crippen LogP contribution in [0.3, 0.4) is 0 Å². The van der Waals surface area contributed by atoms with E-state index in [0.29, 0.717) is 17.9 Å². The molecule has 0 unspecified atom stereocenters. The highest BCUT2D eigenvalue weighted by molar-refractivity contribution is 6.46. The van der Waals surface area contributed by atoms with Gasteiger partial charge in [-0.3, -0.25) is 9.59 Å². The molecule has 156 valence electrons. The summed E-state index contributed by atoms with van der Waals surface area (Å²) >= 11 is 0. The predicted octanol–water partition coefficient (Wildman–Crippen LogP) is 4.74. The highest BCUT2D eigenvalue weighted by Crippen LogP contribution is 2.33. The van der Waals surface area contributed by atoms with Crippen molar-refractivity contribution in [3.8, 4) is 17.0 Å². The normalized spacial score (nSPS) is 10.8. The van der Waals surface area contributed by atoms with Gasteiger partial charge in [-0.15, -0.1) is 0 Å². The van der Waals surface area contributed by atoms with E-state index >= 15 is 0 Å². The minimum atomic E-state index is -0.639. The second kappa shape index (κ2) is 8.88. The van der Waals surface area contributed by atoms with Gasteiger partial charge in [0.2, 0.25) is 0 Å². The molecule has 3 aromatic carbocycles. The molecule has 4 rings (SSSR count). The van der Waals surface area contributed by atoms with Crippen LogP contribution in [-0.2, 0) is 18.4 Å². The summed E-state index contributed by atoms with van der Waals surface area (Å²) < 4.78 is 7.58. The molecule has 5 nitrogen and oxygen atoms in total. The van der Waals surface area contributed by atoms with E-state index in [4.69, 9.17) is 4.74 Å². The zero-order valence-electron chi connectivity index (χ0n) is 17.6. The first-order chi connectivity index (χ1) is 15.1. The van der Waals surface area contributed by atoms with E-state index < -0.39 is 11.7 Å². The van der Waals surface area contributed by atoms with Crippen molar-refractivity contribution in [1.29, 1.82) is 0 Å². The van der Waals surface area contributed by atoms with Gasteiger partial charge in [-0.25, -0.2) is 0 Å². The third-order valence-electron chi connectivity index (χ3n) is 5.30. The topological polar surface area (TPSA) is 60.3 Å². The highest BCUT2D eigenvalue weighted by atomic mass is 16.5. The molecule has 0 atom stereocenters. The molecule has 4 aromatic rings. The number of benzene rings is 3. The van der Waals surface area contributed by atoms with Crippen LogP contribution in [0, 0.1) is 0 Å². The quantitative estimate of drug-likeness (QED) is 0.352. The first-order valence-electron chi connectivity index (χ1n) is 10.3. The summed E-state index contributed by atoms with van der Waals surface area (Å²) in [4.78, 5) is 26.3. The number of carbonyl (C=O) groups is 2. The number of rotatable bonds is 7. The van der Waals surface area contributed by atoms with Gasteiger partial charge in [-0.05, 0) is 24.6 Å². The van der Waals surface area contributed by atoms with Crippen molar-refractivity contribution in [1.82, 2.24) is 9.88 Å². The highest BCUT2D eigenvalue weighted by Gasteiger charge is 2.26. The molecule has 0 radical (unpaired) electrons. The Kier molecular flexibility index (Phi) is 5.85. The third kappa shape index (κ3) is 3.94. The van der Waals surface area contributed by atoms with Crippen LogP contribution in [-0.4, -0.2) is 22.9 Å². The fourth-order valence-electron chi connectivity index (χ4n) is 3.87. The molecule has 0 aliphatic rings. The van der Waals surface area contributed by atoms with E-state index in [1.165, 1.54) is 0 Å². The van der Waals surface area contributed by atoms with Crippen molar-refractivity contribution >= 4 is 22.6 Å². The Bertz CT molecular complexity index is 1240. The molecular weight excluding hydrogens is 388 g/mol. The van der Waals surface area contributed by atoms with Crippen LogP contribution in [0.2, 0.25) is 0 Å². The molecule has 0 aliphatic heterocycles. The average Bonchev–Trinajstić information content (AvgIpc) is 3.11. The average molecular weight is 412 g/mol. The number of hydrogen-bond acceptors (Lipinski definition) is 3. The SMILES string of the molecule is CCOc1ccccc1CNC(=O)C(=O)c1c(-c2ccccc2)n(C)c2ccccc12. The molecular formula is C26H24N2O3. The largest absolute Gasteiger partial charge is 0.494 e. The van der Waals surface area contributed by atoms with Gasteiger partial charge in [0.15, 0.2) is 0 Å². The maximum atomic E-state index is 13.3. The molecule has 0 saturated carbocycles. The van der Waals surface area contributed by atoms with Crippen LogP contribution < -0.4 is 10.1 Å². The van der Waals surface area contributed by atoms with E-state index in [-0.39, 0.29) is 6.54 Å². The van der Waals surface area contributed by atoms with E-state index in [0.717, 1.165) is 27.7 Å². The number of hydrogen-bond donors (Lipinski definition) is 1. The third-order valence-corrected chi connectivity index (χ3v) is 5.30. The Balaban J connectivity index is 1.69. The number of nitrogens with one attached hydrogen (secondary N) is 1. The Morgan fingerprint density at radius 3 is 2.35 bits per heavy atom. The summed E-state index contributed by atoms with van der Waals surface area (Å²) in [5.41, 5.74) is 3.77. The predicted molar refractivity (Wildman–Crippen MR) is 122 cm³/mol. The zero-order chi connectivity index (χ0) is 21.8. The monoisotopic (exact) mass is 412 g/mol. The van der Waals surface area contributed by atoms with Crippen molar-refractivity contribution in [2.75, 3.05) is 6.61 Å². The molecule has 0 fully saturated rings. The van der Waals surface area contributed by atoms with Gasteiger partial charge in [0.1, 0.15) is 5.75 Å². The number of carbonyl (C=O) groups excluding carboxylic acids is 2. The lowest BCUT2D eigenvalue weighted by molar-refractivity contribution is -0.117. The van der Waals surface area contributed by atoms with Gasteiger partial charge < -0.3 is 14.6 Å². The molecule has 31 heavy (non-hydrogen) atoms. The first kappa shape index (κ1) is 20.4. The van der Waals surface area contributed by atoms with Crippen LogP contribution in [0.15, 0.2) is 78.9 Å². The Labute approximate surface area is 181 Å². The van der Waals surface area contributed by atoms with Crippen molar-refractivity contribution < 1.29 is 14.3 Å². The maximum absolute atomic E-state index is 13.3. The van der Waals surface area contributed by atoms with Crippen molar-refractivity contribution in [2.24, 2.45) is 7.05 Å². The number of ether oxygens (including phenoxy) is 1.